The Morgan fingerprint density at radius 3 is 2.41 bits per heavy atom. The second kappa shape index (κ2) is 10.5. The SMILES string of the molecule is COc1cccc(NC(=O)CN(Cc2ccccc2)S(=O)(=O)c2cc(Cl)ccc2OC)c1. The van der Waals surface area contributed by atoms with E-state index < -0.39 is 22.5 Å². The number of sulfonamides is 1. The summed E-state index contributed by atoms with van der Waals surface area (Å²) in [5.41, 5.74) is 1.22. The third-order valence-corrected chi connectivity index (χ3v) is 6.67. The zero-order valence-corrected chi connectivity index (χ0v) is 19.2. The molecule has 9 heteroatoms. The first-order valence-electron chi connectivity index (χ1n) is 9.65. The number of hydrogen-bond acceptors (Lipinski definition) is 5. The van der Waals surface area contributed by atoms with Gasteiger partial charge in [0.1, 0.15) is 16.4 Å². The number of benzene rings is 3. The molecule has 0 aliphatic heterocycles. The molecule has 0 bridgehead atoms. The van der Waals surface area contributed by atoms with Crippen molar-refractivity contribution < 1.29 is 22.7 Å². The first-order valence-corrected chi connectivity index (χ1v) is 11.5. The molecule has 0 aliphatic rings. The molecule has 0 atom stereocenters. The summed E-state index contributed by atoms with van der Waals surface area (Å²) in [6.07, 6.45) is 0. The lowest BCUT2D eigenvalue weighted by molar-refractivity contribution is -0.116. The lowest BCUT2D eigenvalue weighted by Crippen LogP contribution is -2.37. The van der Waals surface area contributed by atoms with E-state index >= 15 is 0 Å². The molecule has 3 rings (SSSR count). The van der Waals surface area contributed by atoms with E-state index in [-0.39, 0.29) is 22.2 Å². The van der Waals surface area contributed by atoms with Crippen LogP contribution < -0.4 is 14.8 Å². The molecule has 32 heavy (non-hydrogen) atoms. The Bertz CT molecular complexity index is 1190. The van der Waals surface area contributed by atoms with Gasteiger partial charge >= 0.3 is 0 Å². The van der Waals surface area contributed by atoms with E-state index in [4.69, 9.17) is 21.1 Å². The first-order chi connectivity index (χ1) is 15.3. The molecule has 0 radical (unpaired) electrons. The van der Waals surface area contributed by atoms with Crippen molar-refractivity contribution in [2.75, 3.05) is 26.1 Å². The molecule has 3 aromatic carbocycles. The van der Waals surface area contributed by atoms with Crippen LogP contribution in [0.4, 0.5) is 5.69 Å². The first kappa shape index (κ1) is 23.6. The van der Waals surface area contributed by atoms with Crippen molar-refractivity contribution in [2.45, 2.75) is 11.4 Å². The molecule has 168 valence electrons. The summed E-state index contributed by atoms with van der Waals surface area (Å²) in [7, 11) is -1.23. The fourth-order valence-corrected chi connectivity index (χ4v) is 4.87. The Labute approximate surface area is 192 Å². The highest BCUT2D eigenvalue weighted by molar-refractivity contribution is 7.89. The number of methoxy groups -OCH3 is 2. The van der Waals surface area contributed by atoms with Crippen molar-refractivity contribution in [3.8, 4) is 11.5 Å². The summed E-state index contributed by atoms with van der Waals surface area (Å²) in [5.74, 6) is 0.208. The number of rotatable bonds is 9. The second-order valence-electron chi connectivity index (χ2n) is 6.83. The number of carbonyl (C=O) groups excluding carboxylic acids is 1. The minimum absolute atomic E-state index is 0.00955. The molecule has 0 unspecified atom stereocenters. The van der Waals surface area contributed by atoms with Gasteiger partial charge in [0.2, 0.25) is 15.9 Å². The van der Waals surface area contributed by atoms with E-state index in [1.165, 1.54) is 32.4 Å². The molecule has 0 spiro atoms. The predicted octanol–water partition coefficient (Wildman–Crippen LogP) is 4.19. The molecular weight excluding hydrogens is 452 g/mol. The number of nitrogens with one attached hydrogen (secondary N) is 1. The zero-order chi connectivity index (χ0) is 23.1. The average molecular weight is 475 g/mol. The molecule has 1 amide bonds. The van der Waals surface area contributed by atoms with Crippen LogP contribution in [0.25, 0.3) is 0 Å². The van der Waals surface area contributed by atoms with E-state index in [9.17, 15) is 13.2 Å². The van der Waals surface area contributed by atoms with E-state index in [0.29, 0.717) is 11.4 Å². The number of nitrogens with zero attached hydrogens (tertiary/aromatic N) is 1. The molecular formula is C23H23ClN2O5S. The lowest BCUT2D eigenvalue weighted by atomic mass is 10.2. The zero-order valence-electron chi connectivity index (χ0n) is 17.6. The Morgan fingerprint density at radius 2 is 1.72 bits per heavy atom. The number of carbonyl (C=O) groups is 1. The molecule has 0 saturated carbocycles. The number of hydrogen-bond donors (Lipinski definition) is 1. The van der Waals surface area contributed by atoms with Crippen molar-refractivity contribution >= 4 is 33.2 Å². The third kappa shape index (κ3) is 5.79. The summed E-state index contributed by atoms with van der Waals surface area (Å²) in [6, 6.07) is 20.2. The van der Waals surface area contributed by atoms with Crippen LogP contribution >= 0.6 is 11.6 Å². The third-order valence-electron chi connectivity index (χ3n) is 4.62. The van der Waals surface area contributed by atoms with Gasteiger partial charge in [0, 0.05) is 23.3 Å². The van der Waals surface area contributed by atoms with E-state index in [0.717, 1.165) is 9.87 Å². The van der Waals surface area contributed by atoms with Gasteiger partial charge in [-0.1, -0.05) is 48.0 Å². The fraction of sp³-hybridized carbons (Fsp3) is 0.174. The predicted molar refractivity (Wildman–Crippen MR) is 124 cm³/mol. The topological polar surface area (TPSA) is 84.9 Å². The molecule has 3 aromatic rings. The molecule has 0 heterocycles. The van der Waals surface area contributed by atoms with Gasteiger partial charge in [0.25, 0.3) is 0 Å². The number of ether oxygens (including phenoxy) is 2. The molecule has 7 nitrogen and oxygen atoms in total. The van der Waals surface area contributed by atoms with Gasteiger partial charge in [0.15, 0.2) is 0 Å². The quantitative estimate of drug-likeness (QED) is 0.502. The fourth-order valence-electron chi connectivity index (χ4n) is 3.07. The van der Waals surface area contributed by atoms with Crippen LogP contribution in [0.1, 0.15) is 5.56 Å². The standard InChI is InChI=1S/C23H23ClN2O5S/c1-30-20-10-6-9-19(14-20)25-23(27)16-26(15-17-7-4-3-5-8-17)32(28,29)22-13-18(24)11-12-21(22)31-2/h3-14H,15-16H2,1-2H3,(H,25,27). The second-order valence-corrected chi connectivity index (χ2v) is 9.18. The maximum atomic E-state index is 13.5. The molecule has 0 aliphatic carbocycles. The Morgan fingerprint density at radius 1 is 0.969 bits per heavy atom. The maximum Gasteiger partial charge on any atom is 0.247 e. The molecule has 0 aromatic heterocycles. The highest BCUT2D eigenvalue weighted by Gasteiger charge is 2.30. The van der Waals surface area contributed by atoms with Crippen molar-refractivity contribution in [3.63, 3.8) is 0 Å². The van der Waals surface area contributed by atoms with Crippen LogP contribution in [-0.2, 0) is 21.4 Å². The monoisotopic (exact) mass is 474 g/mol. The minimum atomic E-state index is -4.13. The van der Waals surface area contributed by atoms with Gasteiger partial charge in [0.05, 0.1) is 20.8 Å². The highest BCUT2D eigenvalue weighted by Crippen LogP contribution is 2.30. The van der Waals surface area contributed by atoms with Gasteiger partial charge in [-0.3, -0.25) is 4.79 Å². The van der Waals surface area contributed by atoms with Gasteiger partial charge in [-0.25, -0.2) is 8.42 Å². The summed E-state index contributed by atoms with van der Waals surface area (Å²) < 4.78 is 38.6. The Kier molecular flexibility index (Phi) is 7.74. The number of amides is 1. The largest absolute Gasteiger partial charge is 0.497 e. The smallest absolute Gasteiger partial charge is 0.247 e. The Hall–Kier alpha value is -3.07. The van der Waals surface area contributed by atoms with Crippen molar-refractivity contribution in [3.05, 3.63) is 83.4 Å². The normalized spacial score (nSPS) is 11.2. The summed E-state index contributed by atoms with van der Waals surface area (Å²) >= 11 is 6.06. The summed E-state index contributed by atoms with van der Waals surface area (Å²) in [4.78, 5) is 12.7. The van der Waals surface area contributed by atoms with Crippen LogP contribution in [0.15, 0.2) is 77.7 Å². The van der Waals surface area contributed by atoms with Gasteiger partial charge < -0.3 is 14.8 Å². The van der Waals surface area contributed by atoms with E-state index in [1.54, 1.807) is 48.5 Å². The van der Waals surface area contributed by atoms with Gasteiger partial charge in [-0.15, -0.1) is 0 Å². The maximum absolute atomic E-state index is 13.5. The molecule has 1 N–H and O–H groups in total. The molecule has 0 fully saturated rings. The molecule has 0 saturated heterocycles. The van der Waals surface area contributed by atoms with Gasteiger partial charge in [-0.2, -0.15) is 4.31 Å². The van der Waals surface area contributed by atoms with E-state index in [2.05, 4.69) is 5.32 Å². The van der Waals surface area contributed by atoms with E-state index in [1.807, 2.05) is 6.07 Å². The number of anilines is 1. The van der Waals surface area contributed by atoms with Crippen LogP contribution in [0.5, 0.6) is 11.5 Å². The lowest BCUT2D eigenvalue weighted by Gasteiger charge is -2.23. The van der Waals surface area contributed by atoms with Crippen molar-refractivity contribution in [1.29, 1.82) is 0 Å². The highest BCUT2D eigenvalue weighted by atomic mass is 35.5. The van der Waals surface area contributed by atoms with Crippen molar-refractivity contribution in [1.82, 2.24) is 4.31 Å². The van der Waals surface area contributed by atoms with Crippen LogP contribution in [-0.4, -0.2) is 39.4 Å². The summed E-state index contributed by atoms with van der Waals surface area (Å²) in [6.45, 7) is -0.422. The van der Waals surface area contributed by atoms with Crippen LogP contribution in [0.3, 0.4) is 0 Å². The minimum Gasteiger partial charge on any atom is -0.497 e. The van der Waals surface area contributed by atoms with Gasteiger partial charge in [-0.05, 0) is 35.9 Å². The average Bonchev–Trinajstić information content (AvgIpc) is 2.79. The van der Waals surface area contributed by atoms with Crippen molar-refractivity contribution in [2.24, 2.45) is 0 Å². The van der Waals surface area contributed by atoms with Crippen LogP contribution in [0.2, 0.25) is 5.02 Å². The Balaban J connectivity index is 1.93. The van der Waals surface area contributed by atoms with Crippen LogP contribution in [0, 0.1) is 0 Å². The number of halogens is 1. The summed E-state index contributed by atoms with van der Waals surface area (Å²) in [5, 5.41) is 2.95.